The Morgan fingerprint density at radius 1 is 1.47 bits per heavy atom. The van der Waals surface area contributed by atoms with Gasteiger partial charge in [-0.2, -0.15) is 11.8 Å². The van der Waals surface area contributed by atoms with E-state index in [1.807, 2.05) is 0 Å². The summed E-state index contributed by atoms with van der Waals surface area (Å²) in [6.07, 6.45) is 5.41. The van der Waals surface area contributed by atoms with E-state index in [-0.39, 0.29) is 5.54 Å². The van der Waals surface area contributed by atoms with Gasteiger partial charge in [0.25, 0.3) is 0 Å². The number of likely N-dealkylation sites (N-methyl/N-ethyl adjacent to an activating group) is 1. The van der Waals surface area contributed by atoms with Gasteiger partial charge in [0.1, 0.15) is 0 Å². The molecule has 0 bridgehead atoms. The molecule has 0 aromatic rings. The van der Waals surface area contributed by atoms with E-state index in [0.29, 0.717) is 6.10 Å². The van der Waals surface area contributed by atoms with E-state index in [2.05, 4.69) is 30.6 Å². The average molecular weight is 258 g/mol. The third-order valence-electron chi connectivity index (χ3n) is 4.25. The summed E-state index contributed by atoms with van der Waals surface area (Å²) in [6.45, 7) is 5.07. The van der Waals surface area contributed by atoms with E-state index in [1.165, 1.54) is 31.4 Å². The zero-order valence-electron chi connectivity index (χ0n) is 11.2. The Hall–Kier alpha value is 0.230. The maximum Gasteiger partial charge on any atom is 0.0702 e. The fourth-order valence-corrected chi connectivity index (χ4v) is 4.44. The lowest BCUT2D eigenvalue weighted by Crippen LogP contribution is -2.55. The first-order valence-corrected chi connectivity index (χ1v) is 7.86. The summed E-state index contributed by atoms with van der Waals surface area (Å²) in [5.41, 5.74) is 6.25. The van der Waals surface area contributed by atoms with Crippen LogP contribution in [0, 0.1) is 0 Å². The first-order valence-electron chi connectivity index (χ1n) is 6.81. The van der Waals surface area contributed by atoms with Crippen molar-refractivity contribution in [2.75, 3.05) is 32.5 Å². The van der Waals surface area contributed by atoms with Crippen molar-refractivity contribution in [3.8, 4) is 0 Å². The van der Waals surface area contributed by atoms with Gasteiger partial charge in [0.05, 0.1) is 6.10 Å². The minimum absolute atomic E-state index is 0.213. The molecule has 100 valence electrons. The van der Waals surface area contributed by atoms with E-state index in [4.69, 9.17) is 10.5 Å². The van der Waals surface area contributed by atoms with Gasteiger partial charge in [-0.25, -0.2) is 0 Å². The van der Waals surface area contributed by atoms with Gasteiger partial charge in [-0.05, 0) is 32.7 Å². The van der Waals surface area contributed by atoms with Crippen LogP contribution in [0.4, 0.5) is 0 Å². The minimum Gasteiger partial charge on any atom is -0.377 e. The van der Waals surface area contributed by atoms with E-state index in [9.17, 15) is 0 Å². The molecule has 2 fully saturated rings. The molecule has 2 aliphatic rings. The predicted octanol–water partition coefficient (Wildman–Crippen LogP) is 1.71. The highest BCUT2D eigenvalue weighted by Gasteiger charge is 2.41. The highest BCUT2D eigenvalue weighted by atomic mass is 32.2. The quantitative estimate of drug-likeness (QED) is 0.833. The number of nitrogens with zero attached hydrogens (tertiary/aromatic N) is 1. The van der Waals surface area contributed by atoms with E-state index in [1.54, 1.807) is 0 Å². The lowest BCUT2D eigenvalue weighted by molar-refractivity contribution is -0.0191. The Bertz CT molecular complexity index is 246. The van der Waals surface area contributed by atoms with Crippen molar-refractivity contribution in [3.63, 3.8) is 0 Å². The fourth-order valence-electron chi connectivity index (χ4n) is 2.96. The second kappa shape index (κ2) is 5.91. The molecule has 0 radical (unpaired) electrons. The maximum atomic E-state index is 6.04. The zero-order chi connectivity index (χ0) is 12.3. The second-order valence-corrected chi connectivity index (χ2v) is 7.05. The first kappa shape index (κ1) is 13.7. The second-order valence-electron chi connectivity index (χ2n) is 5.62. The molecule has 4 heteroatoms. The predicted molar refractivity (Wildman–Crippen MR) is 74.5 cm³/mol. The lowest BCUT2D eigenvalue weighted by Gasteiger charge is -2.40. The molecule has 0 amide bonds. The molecule has 17 heavy (non-hydrogen) atoms. The van der Waals surface area contributed by atoms with E-state index < -0.39 is 0 Å². The summed E-state index contributed by atoms with van der Waals surface area (Å²) >= 11 is 2.06. The zero-order valence-corrected chi connectivity index (χ0v) is 12.0. The Labute approximate surface area is 109 Å². The van der Waals surface area contributed by atoms with Crippen LogP contribution in [0.2, 0.25) is 0 Å². The third kappa shape index (κ3) is 3.16. The molecule has 3 unspecified atom stereocenters. The molecule has 0 aromatic carbocycles. The van der Waals surface area contributed by atoms with Gasteiger partial charge < -0.3 is 10.5 Å². The molecule has 3 atom stereocenters. The molecule has 3 nitrogen and oxygen atoms in total. The normalized spacial score (nSPS) is 38.8. The number of hydrogen-bond acceptors (Lipinski definition) is 4. The Kier molecular flexibility index (Phi) is 4.75. The summed E-state index contributed by atoms with van der Waals surface area (Å²) in [5.74, 6) is 1.17. The first-order chi connectivity index (χ1) is 8.16. The number of ether oxygens (including phenoxy) is 1. The van der Waals surface area contributed by atoms with Gasteiger partial charge in [0.2, 0.25) is 0 Å². The summed E-state index contributed by atoms with van der Waals surface area (Å²) in [5, 5.41) is 0.744. The molecule has 2 heterocycles. The standard InChI is InChI=1S/C13H26N2OS/c1-11-7-13(9-14,10-17-11)15(2)8-12-5-3-4-6-16-12/h11-12H,3-10,14H2,1-2H3. The van der Waals surface area contributed by atoms with Gasteiger partial charge in [0, 0.05) is 36.2 Å². The van der Waals surface area contributed by atoms with Crippen molar-refractivity contribution in [1.82, 2.24) is 4.90 Å². The van der Waals surface area contributed by atoms with Crippen LogP contribution >= 0.6 is 11.8 Å². The molecule has 2 aliphatic heterocycles. The monoisotopic (exact) mass is 258 g/mol. The van der Waals surface area contributed by atoms with Gasteiger partial charge >= 0.3 is 0 Å². The van der Waals surface area contributed by atoms with Crippen LogP contribution in [0.15, 0.2) is 0 Å². The fraction of sp³-hybridized carbons (Fsp3) is 1.00. The van der Waals surface area contributed by atoms with Crippen LogP contribution in [0.1, 0.15) is 32.6 Å². The number of thioether (sulfide) groups is 1. The topological polar surface area (TPSA) is 38.5 Å². The van der Waals surface area contributed by atoms with Crippen molar-refractivity contribution < 1.29 is 4.74 Å². The van der Waals surface area contributed by atoms with Crippen molar-refractivity contribution >= 4 is 11.8 Å². The summed E-state index contributed by atoms with van der Waals surface area (Å²) in [7, 11) is 2.23. The largest absolute Gasteiger partial charge is 0.377 e. The van der Waals surface area contributed by atoms with Crippen LogP contribution in [-0.2, 0) is 4.74 Å². The van der Waals surface area contributed by atoms with Crippen LogP contribution in [0.3, 0.4) is 0 Å². The van der Waals surface area contributed by atoms with Crippen molar-refractivity contribution in [3.05, 3.63) is 0 Å². The van der Waals surface area contributed by atoms with Crippen LogP contribution in [-0.4, -0.2) is 54.3 Å². The smallest absolute Gasteiger partial charge is 0.0702 e. The van der Waals surface area contributed by atoms with Crippen molar-refractivity contribution in [2.24, 2.45) is 5.73 Å². The van der Waals surface area contributed by atoms with Gasteiger partial charge in [-0.1, -0.05) is 6.92 Å². The van der Waals surface area contributed by atoms with Gasteiger partial charge in [-0.15, -0.1) is 0 Å². The molecule has 0 aromatic heterocycles. The van der Waals surface area contributed by atoms with Crippen molar-refractivity contribution in [1.29, 1.82) is 0 Å². The SMILES string of the molecule is CC1CC(CN)(N(C)CC2CCCCO2)CS1. The summed E-state index contributed by atoms with van der Waals surface area (Å²) in [4.78, 5) is 2.47. The van der Waals surface area contributed by atoms with Crippen LogP contribution < -0.4 is 5.73 Å². The Morgan fingerprint density at radius 2 is 2.29 bits per heavy atom. The van der Waals surface area contributed by atoms with Crippen LogP contribution in [0.25, 0.3) is 0 Å². The maximum absolute atomic E-state index is 6.04. The lowest BCUT2D eigenvalue weighted by atomic mass is 9.93. The van der Waals surface area contributed by atoms with E-state index in [0.717, 1.165) is 24.9 Å². The Morgan fingerprint density at radius 3 is 2.82 bits per heavy atom. The van der Waals surface area contributed by atoms with Crippen molar-refractivity contribution in [2.45, 2.75) is 49.5 Å². The molecular weight excluding hydrogens is 232 g/mol. The molecule has 2 rings (SSSR count). The number of rotatable bonds is 4. The van der Waals surface area contributed by atoms with Gasteiger partial charge in [0.15, 0.2) is 0 Å². The number of hydrogen-bond donors (Lipinski definition) is 1. The molecule has 0 saturated carbocycles. The summed E-state index contributed by atoms with van der Waals surface area (Å²) < 4.78 is 5.84. The Balaban J connectivity index is 1.90. The molecule has 0 aliphatic carbocycles. The molecular formula is C13H26N2OS. The molecule has 2 N–H and O–H groups in total. The third-order valence-corrected chi connectivity index (χ3v) is 5.68. The highest BCUT2D eigenvalue weighted by Crippen LogP contribution is 2.37. The van der Waals surface area contributed by atoms with Gasteiger partial charge in [-0.3, -0.25) is 4.90 Å². The van der Waals surface area contributed by atoms with Crippen LogP contribution in [0.5, 0.6) is 0 Å². The summed E-state index contributed by atoms with van der Waals surface area (Å²) in [6, 6.07) is 0. The molecule has 0 spiro atoms. The van der Waals surface area contributed by atoms with E-state index >= 15 is 0 Å². The number of nitrogens with two attached hydrogens (primary N) is 1. The minimum atomic E-state index is 0.213. The molecule has 2 saturated heterocycles. The average Bonchev–Trinajstić information content (AvgIpc) is 2.73. The highest BCUT2D eigenvalue weighted by molar-refractivity contribution is 8.00.